The number of amides is 3. The molecule has 0 aromatic rings. The Morgan fingerprint density at radius 2 is 0.750 bits per heavy atom. The van der Waals surface area contributed by atoms with Crippen LogP contribution < -0.4 is 16.0 Å². The van der Waals surface area contributed by atoms with Crippen LogP contribution in [0.25, 0.3) is 19.4 Å². The fraction of sp³-hybridized carbons (Fsp3) is 0.874. The third-order valence-electron chi connectivity index (χ3n) is 22.2. The second kappa shape index (κ2) is 72.3. The number of phosphoric ester groups is 2. The SMILES string of the molecule is [C-]#[N+]CCOP(OCCCCCCO[C@@H]1OC(COC(C)=O)[C@H](C)[C@H](C)C1NC(C)=O)OCCCOCC(COCCCOP(OCCCCCCO[C@@H]1OC(COC(C)=O)[C@H](C)[C@H](C)C1NC(C)=O)OCC[N+]#[C-])(COOP(OCCCCCCO[C@@H]1OC(COC(C)=O)[C@H](C)[C@H](C)C1NC(C)=O)OCC[N+]#[C-])COP(=O)(OCCC#N)OC[C@H]1O[C@@H](C)CC1OP(=O)(OC)OCC[N+]#[C-]. The minimum atomic E-state index is -4.85. The number of nitriles is 1. The Morgan fingerprint density at radius 3 is 1.12 bits per heavy atom. The van der Waals surface area contributed by atoms with Gasteiger partial charge in [0.1, 0.15) is 58.5 Å². The average molecular weight is 2040 g/mol. The van der Waals surface area contributed by atoms with E-state index in [2.05, 4.69) is 35.3 Å². The Bertz CT molecular complexity index is 3560. The van der Waals surface area contributed by atoms with Gasteiger partial charge < -0.3 is 128 Å². The smallest absolute Gasteiger partial charge is 0.463 e. The molecule has 4 aliphatic heterocycles. The zero-order chi connectivity index (χ0) is 99.9. The van der Waals surface area contributed by atoms with Gasteiger partial charge in [-0.15, -0.1) is 0 Å². The lowest BCUT2D eigenvalue weighted by Gasteiger charge is -2.44. The molecule has 778 valence electrons. The monoisotopic (exact) mass is 2040 g/mol. The summed E-state index contributed by atoms with van der Waals surface area (Å²) in [6.45, 7) is 49.9. The van der Waals surface area contributed by atoms with E-state index in [9.17, 15) is 38.6 Å². The van der Waals surface area contributed by atoms with Crippen molar-refractivity contribution in [3.63, 3.8) is 0 Å². The molecule has 0 spiro atoms. The van der Waals surface area contributed by atoms with Crippen LogP contribution in [0.15, 0.2) is 0 Å². The van der Waals surface area contributed by atoms with E-state index in [1.54, 1.807) is 6.92 Å². The predicted molar refractivity (Wildman–Crippen MR) is 492 cm³/mol. The number of rotatable bonds is 78. The number of phosphoric acid groups is 2. The lowest BCUT2D eigenvalue weighted by atomic mass is 9.82. The van der Waals surface area contributed by atoms with Gasteiger partial charge in [0.05, 0.1) is 133 Å². The van der Waals surface area contributed by atoms with E-state index in [1.165, 1.54) is 41.5 Å². The van der Waals surface area contributed by atoms with E-state index in [1.807, 2.05) is 47.6 Å². The van der Waals surface area contributed by atoms with Crippen LogP contribution >= 0.6 is 41.5 Å². The molecular weight excluding hydrogens is 1890 g/mol. The maximum atomic E-state index is 15.3. The van der Waals surface area contributed by atoms with E-state index in [-0.39, 0.29) is 217 Å². The molecule has 4 aliphatic rings. The number of nitrogens with one attached hydrogen (secondary N) is 3. The fourth-order valence-electron chi connectivity index (χ4n) is 14.2. The molecule has 0 aliphatic carbocycles. The molecular formula is C87H149N8O36P5. The first-order valence-corrected chi connectivity index (χ1v) is 52.8. The van der Waals surface area contributed by atoms with Gasteiger partial charge in [0.2, 0.25) is 43.9 Å². The quantitative estimate of drug-likeness (QED) is 0.00968. The van der Waals surface area contributed by atoms with Crippen molar-refractivity contribution in [3.05, 3.63) is 45.7 Å². The second-order valence-corrected chi connectivity index (χ2v) is 40.3. The summed E-state index contributed by atoms with van der Waals surface area (Å²) in [6.07, 6.45) is 1.95. The number of ether oxygens (including phenoxy) is 12. The average Bonchev–Trinajstić information content (AvgIpc) is 1.06. The van der Waals surface area contributed by atoms with Crippen LogP contribution in [0.5, 0.6) is 0 Å². The molecule has 0 saturated carbocycles. The summed E-state index contributed by atoms with van der Waals surface area (Å²) in [5.41, 5.74) is -1.58. The van der Waals surface area contributed by atoms with Gasteiger partial charge in [-0.1, -0.05) is 80.1 Å². The van der Waals surface area contributed by atoms with Crippen molar-refractivity contribution in [2.45, 2.75) is 266 Å². The summed E-state index contributed by atoms with van der Waals surface area (Å²) in [5.74, 6) is -2.35. The lowest BCUT2D eigenvalue weighted by Crippen LogP contribution is -2.58. The van der Waals surface area contributed by atoms with Crippen LogP contribution in [0.1, 0.15) is 193 Å². The molecule has 3 N–H and O–H groups in total. The summed E-state index contributed by atoms with van der Waals surface area (Å²) in [4.78, 5) is 91.5. The van der Waals surface area contributed by atoms with E-state index in [4.69, 9.17) is 156 Å². The van der Waals surface area contributed by atoms with Crippen LogP contribution in [0.2, 0.25) is 0 Å². The van der Waals surface area contributed by atoms with Crippen molar-refractivity contribution in [2.24, 2.45) is 40.9 Å². The summed E-state index contributed by atoms with van der Waals surface area (Å²) >= 11 is 0. The molecule has 12 unspecified atom stereocenters. The highest BCUT2D eigenvalue weighted by Crippen LogP contribution is 2.55. The van der Waals surface area contributed by atoms with Crippen molar-refractivity contribution >= 4 is 77.1 Å². The summed E-state index contributed by atoms with van der Waals surface area (Å²) in [7, 11) is -14.3. The fourth-order valence-corrected chi connectivity index (χ4v) is 19.5. The third-order valence-corrected chi connectivity index (χ3v) is 28.5. The van der Waals surface area contributed by atoms with E-state index in [0.717, 1.165) is 32.8 Å². The number of hydrogen-bond acceptors (Lipinski definition) is 37. The molecule has 49 heteroatoms. The van der Waals surface area contributed by atoms with Gasteiger partial charge >= 0.3 is 59.4 Å². The highest BCUT2D eigenvalue weighted by molar-refractivity contribution is 7.48. The molecule has 3 amide bonds. The third kappa shape index (κ3) is 51.8. The van der Waals surface area contributed by atoms with Gasteiger partial charge in [0.15, 0.2) is 18.9 Å². The van der Waals surface area contributed by atoms with Crippen LogP contribution in [0, 0.1) is 78.5 Å². The van der Waals surface area contributed by atoms with Gasteiger partial charge in [-0.2, -0.15) is 9.94 Å². The second-order valence-electron chi connectivity index (χ2n) is 33.3. The minimum Gasteiger partial charge on any atom is -0.463 e. The van der Waals surface area contributed by atoms with Gasteiger partial charge in [-0.25, -0.2) is 40.3 Å². The summed E-state index contributed by atoms with van der Waals surface area (Å²) in [5, 5.41) is 18.6. The Morgan fingerprint density at radius 1 is 0.397 bits per heavy atom. The molecule has 4 heterocycles. The molecule has 23 atom stereocenters. The first-order chi connectivity index (χ1) is 65.3. The first kappa shape index (κ1) is 123. The number of carbonyl (C=O) groups excluding carboxylic acids is 6. The van der Waals surface area contributed by atoms with Crippen molar-refractivity contribution in [2.75, 3.05) is 185 Å². The molecule has 0 aromatic carbocycles. The Hall–Kier alpha value is -4.98. The van der Waals surface area contributed by atoms with Crippen LogP contribution in [0.3, 0.4) is 0 Å². The normalized spacial score (nSPS) is 25.8. The molecule has 44 nitrogen and oxygen atoms in total. The molecule has 0 aromatic heterocycles. The topological polar surface area (TPSA) is 472 Å². The molecule has 0 bridgehead atoms. The Labute approximate surface area is 806 Å². The summed E-state index contributed by atoms with van der Waals surface area (Å²) in [6, 6.07) is 0.648. The Kier molecular flexibility index (Phi) is 65.6. The molecule has 4 rings (SSSR count). The maximum Gasteiger partial charge on any atom is 0.475 e. The number of esters is 3. The molecule has 4 fully saturated rings. The number of nitrogens with zero attached hydrogens (tertiary/aromatic N) is 5. The number of unbranched alkanes of at least 4 members (excludes halogenated alkanes) is 9. The van der Waals surface area contributed by atoms with E-state index in [0.29, 0.717) is 64.6 Å². The zero-order valence-corrected chi connectivity index (χ0v) is 85.9. The zero-order valence-electron chi connectivity index (χ0n) is 81.5. The summed E-state index contributed by atoms with van der Waals surface area (Å²) < 4.78 is 190. The first-order valence-electron chi connectivity index (χ1n) is 46.6. The lowest BCUT2D eigenvalue weighted by molar-refractivity contribution is -0.252. The van der Waals surface area contributed by atoms with Crippen LogP contribution in [-0.4, -0.2) is 294 Å². The van der Waals surface area contributed by atoms with E-state index < -0.39 is 165 Å². The van der Waals surface area contributed by atoms with Gasteiger partial charge in [0.25, 0.3) is 0 Å². The van der Waals surface area contributed by atoms with Crippen molar-refractivity contribution in [3.8, 4) is 6.07 Å². The molecule has 0 radical (unpaired) electrons. The maximum absolute atomic E-state index is 15.3. The van der Waals surface area contributed by atoms with Gasteiger partial charge in [0, 0.05) is 88.1 Å². The largest absolute Gasteiger partial charge is 0.475 e. The highest BCUT2D eigenvalue weighted by atomic mass is 31.2. The van der Waals surface area contributed by atoms with Crippen molar-refractivity contribution < 1.29 is 168 Å². The minimum absolute atomic E-state index is 0.0160. The van der Waals surface area contributed by atoms with Crippen molar-refractivity contribution in [1.29, 1.82) is 5.26 Å². The standard InChI is InChI=1S/C87H149N8O36P5/c1-63-54-76(130-135(102,104-18)123-53-38-92-17)80(126-63)58-124-136(103,122-49-31-34-88)125-62-87(61-113-131-134(121-52-37-91-16)118-46-30-24-21-27-43-109-86-83(95-72(10)98)69(7)66(4)79(129-86)57-112-75(13)101,59-105-39-32-47-116-132(119-50-35-89-14)114-44-28-22-19-25-41-107-84-81(93-70(8)96)67(5)64(2)77(127-84)55-110-73(11)99)60-106-40-33-48-117-133(120-51-36-90-15)115-45-29-23-20-26-42-108-85-82(94-71(9)97)68(6)65(3)78(128-85)56-111-74(12)100/h63-69,76-86H,19-33,35-62H2,1-13,18H3,(H,93,96)(H,94,97)(H,95,98)/t63-,64+,65+,66+,67-,68-,69-,76?,77?,78?,79?,80+,81?,82?,83?,84+,85+,86+,87?,132?,133?,134?,135?,136?/m0/s1. The molecule has 136 heavy (non-hydrogen) atoms. The van der Waals surface area contributed by atoms with Crippen LogP contribution in [-0.2, 0) is 168 Å². The predicted octanol–water partition coefficient (Wildman–Crippen LogP) is 13.6. The number of hydrogen-bond donors (Lipinski definition) is 3. The van der Waals surface area contributed by atoms with Crippen molar-refractivity contribution in [1.82, 2.24) is 16.0 Å². The molecule has 4 saturated heterocycles. The van der Waals surface area contributed by atoms with Gasteiger partial charge in [-0.3, -0.25) is 55.9 Å². The Balaban J connectivity index is 1.58. The highest BCUT2D eigenvalue weighted by Gasteiger charge is 2.48. The van der Waals surface area contributed by atoms with Crippen LogP contribution in [0.4, 0.5) is 0 Å². The van der Waals surface area contributed by atoms with Gasteiger partial charge in [-0.05, 0) is 93.8 Å². The number of carbonyl (C=O) groups is 6. The van der Waals surface area contributed by atoms with E-state index >= 15 is 4.57 Å².